The monoisotopic (exact) mass is 466 g/mol. The average molecular weight is 466 g/mol. The van der Waals surface area contributed by atoms with Gasteiger partial charge in [-0.3, -0.25) is 23.5 Å². The van der Waals surface area contributed by atoms with E-state index < -0.39 is 47.1 Å². The molecule has 11 nitrogen and oxygen atoms in total. The highest BCUT2D eigenvalue weighted by Gasteiger charge is 2.37. The Hall–Kier alpha value is -4.41. The molecule has 2 aromatic heterocycles. The van der Waals surface area contributed by atoms with Gasteiger partial charge in [0, 0.05) is 27.1 Å². The van der Waals surface area contributed by atoms with Crippen molar-refractivity contribution in [2.45, 2.75) is 19.0 Å². The molecule has 1 amide bonds. The van der Waals surface area contributed by atoms with E-state index in [9.17, 15) is 24.0 Å². The lowest BCUT2D eigenvalue weighted by atomic mass is 9.93. The van der Waals surface area contributed by atoms with Crippen LogP contribution in [0.25, 0.3) is 0 Å². The van der Waals surface area contributed by atoms with Crippen molar-refractivity contribution in [2.75, 3.05) is 12.3 Å². The lowest BCUT2D eigenvalue weighted by Crippen LogP contribution is -2.49. The molecule has 0 unspecified atom stereocenters. The normalized spacial score (nSPS) is 15.0. The van der Waals surface area contributed by atoms with E-state index in [0.29, 0.717) is 0 Å². The number of carbonyl (C=O) groups is 3. The highest BCUT2D eigenvalue weighted by molar-refractivity contribution is 6.01. The highest BCUT2D eigenvalue weighted by atomic mass is 16.5. The average Bonchev–Trinajstić information content (AvgIpc) is 3.38. The van der Waals surface area contributed by atoms with Crippen LogP contribution < -0.4 is 17.0 Å². The molecular weight excluding hydrogens is 444 g/mol. The fourth-order valence-corrected chi connectivity index (χ4v) is 3.92. The number of fused-ring (bicyclic) bond motifs is 1. The van der Waals surface area contributed by atoms with Crippen molar-refractivity contribution < 1.29 is 23.5 Å². The molecule has 0 saturated carbocycles. The summed E-state index contributed by atoms with van der Waals surface area (Å²) in [6.45, 7) is -0.630. The summed E-state index contributed by atoms with van der Waals surface area (Å²) in [5.41, 5.74) is 5.52. The van der Waals surface area contributed by atoms with Gasteiger partial charge < -0.3 is 19.8 Å². The Kier molecular flexibility index (Phi) is 5.93. The van der Waals surface area contributed by atoms with Gasteiger partial charge in [0.15, 0.2) is 12.4 Å². The molecule has 34 heavy (non-hydrogen) atoms. The smallest absolute Gasteiger partial charge is 0.332 e. The number of amides is 1. The Morgan fingerprint density at radius 1 is 1.06 bits per heavy atom. The van der Waals surface area contributed by atoms with Crippen molar-refractivity contribution >= 4 is 23.5 Å². The maximum Gasteiger partial charge on any atom is 0.332 e. The molecule has 3 heterocycles. The Bertz CT molecular complexity index is 1400. The first-order valence-electron chi connectivity index (χ1n) is 10.4. The van der Waals surface area contributed by atoms with Crippen LogP contribution in [0.3, 0.4) is 0 Å². The molecule has 1 aromatic carbocycles. The van der Waals surface area contributed by atoms with Crippen molar-refractivity contribution in [3.8, 4) is 0 Å². The SMILES string of the molecule is Cn1c(N)c(C(=O)COC(=O)[C@@H]2Cc3ccccc3CN2C(=O)c2ccco2)c(=O)n(C)c1=O. The molecule has 11 heteroatoms. The molecule has 1 aliphatic heterocycles. The summed E-state index contributed by atoms with van der Waals surface area (Å²) in [6.07, 6.45) is 1.54. The maximum absolute atomic E-state index is 13.0. The Balaban J connectivity index is 1.58. The minimum Gasteiger partial charge on any atom is -0.459 e. The summed E-state index contributed by atoms with van der Waals surface area (Å²) in [6, 6.07) is 9.42. The minimum atomic E-state index is -1.01. The van der Waals surface area contributed by atoms with E-state index in [1.165, 1.54) is 31.3 Å². The third kappa shape index (κ3) is 3.91. The Morgan fingerprint density at radius 3 is 2.44 bits per heavy atom. The molecule has 4 rings (SSSR count). The van der Waals surface area contributed by atoms with Crippen LogP contribution in [-0.4, -0.2) is 44.3 Å². The number of carbonyl (C=O) groups excluding carboxylic acids is 3. The van der Waals surface area contributed by atoms with E-state index in [1.54, 1.807) is 6.07 Å². The molecule has 1 aliphatic rings. The van der Waals surface area contributed by atoms with Gasteiger partial charge in [0.1, 0.15) is 17.4 Å². The van der Waals surface area contributed by atoms with Crippen LogP contribution >= 0.6 is 0 Å². The highest BCUT2D eigenvalue weighted by Crippen LogP contribution is 2.26. The number of esters is 1. The molecule has 3 aromatic rings. The van der Waals surface area contributed by atoms with E-state index in [-0.39, 0.29) is 24.5 Å². The Morgan fingerprint density at radius 2 is 1.76 bits per heavy atom. The predicted octanol–water partition coefficient (Wildman–Crippen LogP) is 0.252. The lowest BCUT2D eigenvalue weighted by Gasteiger charge is -2.34. The van der Waals surface area contributed by atoms with E-state index in [1.807, 2.05) is 24.3 Å². The molecule has 0 radical (unpaired) electrons. The second kappa shape index (κ2) is 8.85. The summed E-state index contributed by atoms with van der Waals surface area (Å²) in [5, 5.41) is 0. The number of anilines is 1. The van der Waals surface area contributed by atoms with E-state index in [4.69, 9.17) is 14.9 Å². The number of rotatable bonds is 5. The van der Waals surface area contributed by atoms with Crippen LogP contribution in [0.15, 0.2) is 56.7 Å². The van der Waals surface area contributed by atoms with Crippen LogP contribution in [0, 0.1) is 0 Å². The van der Waals surface area contributed by atoms with Crippen LogP contribution in [0.5, 0.6) is 0 Å². The second-order valence-corrected chi connectivity index (χ2v) is 7.90. The number of hydrogen-bond acceptors (Lipinski definition) is 8. The molecular formula is C23H22N4O7. The number of Topliss-reactive ketones (excluding diaryl/α,β-unsaturated/α-hetero) is 1. The number of hydrogen-bond donors (Lipinski definition) is 1. The first-order valence-corrected chi connectivity index (χ1v) is 10.4. The topological polar surface area (TPSA) is 147 Å². The number of ether oxygens (including phenoxy) is 1. The minimum absolute atomic E-state index is 0.0646. The molecule has 2 N–H and O–H groups in total. The van der Waals surface area contributed by atoms with Gasteiger partial charge in [-0.15, -0.1) is 0 Å². The molecule has 0 aliphatic carbocycles. The van der Waals surface area contributed by atoms with Crippen molar-refractivity contribution in [2.24, 2.45) is 14.1 Å². The van der Waals surface area contributed by atoms with Gasteiger partial charge >= 0.3 is 11.7 Å². The number of nitrogens with zero attached hydrogens (tertiary/aromatic N) is 3. The molecule has 0 saturated heterocycles. The van der Waals surface area contributed by atoms with Crippen molar-refractivity contribution in [1.82, 2.24) is 14.0 Å². The number of nitrogen functional groups attached to an aromatic ring is 1. The van der Waals surface area contributed by atoms with E-state index in [0.717, 1.165) is 20.3 Å². The molecule has 176 valence electrons. The zero-order valence-corrected chi connectivity index (χ0v) is 18.5. The summed E-state index contributed by atoms with van der Waals surface area (Å²) in [4.78, 5) is 64.4. The van der Waals surface area contributed by atoms with E-state index in [2.05, 4.69) is 0 Å². The lowest BCUT2D eigenvalue weighted by molar-refractivity contribution is -0.148. The largest absolute Gasteiger partial charge is 0.459 e. The summed E-state index contributed by atoms with van der Waals surface area (Å²) in [5.74, 6) is -2.43. The van der Waals surface area contributed by atoms with Gasteiger partial charge in [-0.05, 0) is 23.3 Å². The van der Waals surface area contributed by atoms with Crippen molar-refractivity contribution in [3.05, 3.63) is 86.0 Å². The molecule has 0 fully saturated rings. The van der Waals surface area contributed by atoms with Crippen LogP contribution in [0.2, 0.25) is 0 Å². The summed E-state index contributed by atoms with van der Waals surface area (Å²) >= 11 is 0. The van der Waals surface area contributed by atoms with Crippen molar-refractivity contribution in [3.63, 3.8) is 0 Å². The van der Waals surface area contributed by atoms with Gasteiger partial charge in [0.2, 0.25) is 5.78 Å². The van der Waals surface area contributed by atoms with Crippen LogP contribution in [-0.2, 0) is 36.6 Å². The fraction of sp³-hybridized carbons (Fsp3) is 0.261. The van der Waals surface area contributed by atoms with Gasteiger partial charge in [0.25, 0.3) is 11.5 Å². The number of benzene rings is 1. The standard InChI is InChI=1S/C23H22N4O7/c1-25-19(24)18(21(30)26(2)23(25)32)16(28)12-34-22(31)15-10-13-6-3-4-7-14(13)11-27(15)20(29)17-8-5-9-33-17/h3-9,15H,10-12,24H2,1-2H3/t15-/m0/s1. The molecule has 0 bridgehead atoms. The zero-order chi connectivity index (χ0) is 24.6. The zero-order valence-electron chi connectivity index (χ0n) is 18.5. The predicted molar refractivity (Wildman–Crippen MR) is 119 cm³/mol. The van der Waals surface area contributed by atoms with Gasteiger partial charge in [-0.1, -0.05) is 24.3 Å². The van der Waals surface area contributed by atoms with Crippen LogP contribution in [0.1, 0.15) is 32.0 Å². The number of nitrogens with two attached hydrogens (primary N) is 1. The third-order valence-corrected chi connectivity index (χ3v) is 5.85. The van der Waals surface area contributed by atoms with Gasteiger partial charge in [-0.2, -0.15) is 0 Å². The summed E-state index contributed by atoms with van der Waals surface area (Å²) in [7, 11) is 2.53. The van der Waals surface area contributed by atoms with Gasteiger partial charge in [0.05, 0.1) is 6.26 Å². The van der Waals surface area contributed by atoms with E-state index >= 15 is 0 Å². The number of furan rings is 1. The number of aromatic nitrogens is 2. The Labute approximate surface area is 192 Å². The quantitative estimate of drug-likeness (QED) is 0.416. The molecule has 0 spiro atoms. The summed E-state index contributed by atoms with van der Waals surface area (Å²) < 4.78 is 12.1. The van der Waals surface area contributed by atoms with Gasteiger partial charge in [-0.25, -0.2) is 9.59 Å². The van der Waals surface area contributed by atoms with Crippen LogP contribution in [0.4, 0.5) is 5.82 Å². The fourth-order valence-electron chi connectivity index (χ4n) is 3.92. The third-order valence-electron chi connectivity index (χ3n) is 5.85. The second-order valence-electron chi connectivity index (χ2n) is 7.90. The maximum atomic E-state index is 13.0. The number of ketones is 1. The van der Waals surface area contributed by atoms with Crippen molar-refractivity contribution in [1.29, 1.82) is 0 Å². The molecule has 1 atom stereocenters. The first kappa shape index (κ1) is 22.8. The first-order chi connectivity index (χ1) is 16.2.